The highest BCUT2D eigenvalue weighted by molar-refractivity contribution is 5.73. The van der Waals surface area contributed by atoms with Crippen LogP contribution >= 0.6 is 0 Å². The van der Waals surface area contributed by atoms with E-state index < -0.39 is 0 Å². The van der Waals surface area contributed by atoms with Crippen LogP contribution in [0.4, 0.5) is 0 Å². The second-order valence-corrected chi connectivity index (χ2v) is 3.31. The number of nitrogens with one attached hydrogen (secondary N) is 1. The number of nitrogens with zero attached hydrogens (tertiary/aromatic N) is 1. The summed E-state index contributed by atoms with van der Waals surface area (Å²) in [5, 5.41) is 5.71. The van der Waals surface area contributed by atoms with Gasteiger partial charge in [-0.05, 0) is 12.8 Å². The van der Waals surface area contributed by atoms with Gasteiger partial charge in [-0.1, -0.05) is 11.6 Å². The molecule has 1 aliphatic carbocycles. The summed E-state index contributed by atoms with van der Waals surface area (Å²) in [5.74, 6) is 0.254. The van der Waals surface area contributed by atoms with Gasteiger partial charge < -0.3 is 5.32 Å². The molecular formula is C8H14N2O2. The van der Waals surface area contributed by atoms with Crippen molar-refractivity contribution in [1.29, 1.82) is 0 Å². The van der Waals surface area contributed by atoms with Crippen LogP contribution in [0.25, 0.3) is 0 Å². The smallest absolute Gasteiger partial charge is 0.217 e. The third-order valence-electron chi connectivity index (χ3n) is 2.36. The van der Waals surface area contributed by atoms with Crippen molar-refractivity contribution in [3.63, 3.8) is 0 Å². The minimum Gasteiger partial charge on any atom is -0.353 e. The van der Waals surface area contributed by atoms with E-state index in [9.17, 15) is 9.70 Å². The number of amides is 1. The standard InChI is InChI=1S/C8H14N2O2/c1-6(11)10-8-4-2-3-7(8)5-9-12/h7-8H,2-5H2,1H3,(H,10,11). The third kappa shape index (κ3) is 2.29. The van der Waals surface area contributed by atoms with Crippen molar-refractivity contribution in [2.75, 3.05) is 6.54 Å². The van der Waals surface area contributed by atoms with Crippen molar-refractivity contribution >= 4 is 5.91 Å². The molecule has 1 aliphatic rings. The van der Waals surface area contributed by atoms with Gasteiger partial charge >= 0.3 is 0 Å². The summed E-state index contributed by atoms with van der Waals surface area (Å²) in [6, 6.07) is 0.181. The molecule has 1 rings (SSSR count). The zero-order valence-corrected chi connectivity index (χ0v) is 7.25. The summed E-state index contributed by atoms with van der Waals surface area (Å²) in [6.45, 7) is 1.84. The molecule has 0 aromatic carbocycles. The SMILES string of the molecule is CC(=O)NC1CCCC1CN=O. The number of carbonyl (C=O) groups is 1. The van der Waals surface area contributed by atoms with E-state index in [1.54, 1.807) is 0 Å². The fourth-order valence-corrected chi connectivity index (χ4v) is 1.80. The fraction of sp³-hybridized carbons (Fsp3) is 0.875. The first kappa shape index (κ1) is 9.16. The average Bonchev–Trinajstić information content (AvgIpc) is 2.37. The van der Waals surface area contributed by atoms with Gasteiger partial charge in [-0.3, -0.25) is 4.79 Å². The van der Waals surface area contributed by atoms with E-state index in [1.807, 2.05) is 0 Å². The lowest BCUT2D eigenvalue weighted by molar-refractivity contribution is -0.119. The van der Waals surface area contributed by atoms with Crippen LogP contribution < -0.4 is 5.32 Å². The minimum atomic E-state index is -0.0159. The number of carbonyl (C=O) groups excluding carboxylic acids is 1. The van der Waals surface area contributed by atoms with E-state index in [1.165, 1.54) is 6.92 Å². The van der Waals surface area contributed by atoms with Gasteiger partial charge in [0.15, 0.2) is 0 Å². The van der Waals surface area contributed by atoms with Crippen LogP contribution in [0, 0.1) is 10.8 Å². The molecule has 1 N–H and O–H groups in total. The van der Waals surface area contributed by atoms with E-state index in [4.69, 9.17) is 0 Å². The normalized spacial score (nSPS) is 28.4. The molecule has 12 heavy (non-hydrogen) atoms. The first-order chi connectivity index (χ1) is 5.74. The number of hydrogen-bond donors (Lipinski definition) is 1. The zero-order valence-electron chi connectivity index (χ0n) is 7.25. The molecule has 68 valence electrons. The van der Waals surface area contributed by atoms with E-state index in [2.05, 4.69) is 10.5 Å². The fourth-order valence-electron chi connectivity index (χ4n) is 1.80. The Labute approximate surface area is 71.7 Å². The average molecular weight is 170 g/mol. The predicted octanol–water partition coefficient (Wildman–Crippen LogP) is 1.06. The quantitative estimate of drug-likeness (QED) is 0.644. The maximum atomic E-state index is 10.7. The largest absolute Gasteiger partial charge is 0.353 e. The molecule has 4 nitrogen and oxygen atoms in total. The lowest BCUT2D eigenvalue weighted by Gasteiger charge is -2.16. The van der Waals surface area contributed by atoms with Crippen LogP contribution in [0.5, 0.6) is 0 Å². The summed E-state index contributed by atoms with van der Waals surface area (Å²) in [4.78, 5) is 20.8. The summed E-state index contributed by atoms with van der Waals surface area (Å²) in [5.41, 5.74) is 0. The Morgan fingerprint density at radius 1 is 1.58 bits per heavy atom. The third-order valence-corrected chi connectivity index (χ3v) is 2.36. The Morgan fingerprint density at radius 2 is 2.33 bits per heavy atom. The van der Waals surface area contributed by atoms with E-state index in [0.717, 1.165) is 19.3 Å². The monoisotopic (exact) mass is 170 g/mol. The molecule has 2 atom stereocenters. The van der Waals surface area contributed by atoms with Crippen LogP contribution in [0.3, 0.4) is 0 Å². The van der Waals surface area contributed by atoms with Gasteiger partial charge in [0.25, 0.3) is 0 Å². The highest BCUT2D eigenvalue weighted by Gasteiger charge is 2.27. The van der Waals surface area contributed by atoms with E-state index >= 15 is 0 Å². The lowest BCUT2D eigenvalue weighted by atomic mass is 10.0. The Bertz CT molecular complexity index is 182. The van der Waals surface area contributed by atoms with Crippen molar-refractivity contribution in [3.8, 4) is 0 Å². The molecule has 0 aromatic heterocycles. The molecular weight excluding hydrogens is 156 g/mol. The van der Waals surface area contributed by atoms with Crippen molar-refractivity contribution in [3.05, 3.63) is 4.91 Å². The van der Waals surface area contributed by atoms with Gasteiger partial charge in [-0.25, -0.2) is 0 Å². The Balaban J connectivity index is 2.40. The Hall–Kier alpha value is -0.930. The van der Waals surface area contributed by atoms with Crippen LogP contribution in [0.1, 0.15) is 26.2 Å². The molecule has 0 bridgehead atoms. The van der Waals surface area contributed by atoms with Crippen LogP contribution in [-0.4, -0.2) is 18.5 Å². The van der Waals surface area contributed by atoms with Crippen LogP contribution in [-0.2, 0) is 4.79 Å². The predicted molar refractivity (Wildman–Crippen MR) is 45.6 cm³/mol. The van der Waals surface area contributed by atoms with Crippen molar-refractivity contribution < 1.29 is 4.79 Å². The second-order valence-electron chi connectivity index (χ2n) is 3.31. The van der Waals surface area contributed by atoms with Gasteiger partial charge in [0.1, 0.15) is 0 Å². The molecule has 0 heterocycles. The number of nitroso groups, excluding NO2 is 1. The number of rotatable bonds is 3. The van der Waals surface area contributed by atoms with E-state index in [0.29, 0.717) is 6.54 Å². The van der Waals surface area contributed by atoms with Crippen molar-refractivity contribution in [2.45, 2.75) is 32.2 Å². The maximum Gasteiger partial charge on any atom is 0.217 e. The molecule has 4 heteroatoms. The van der Waals surface area contributed by atoms with Crippen molar-refractivity contribution in [1.82, 2.24) is 5.32 Å². The van der Waals surface area contributed by atoms with Gasteiger partial charge in [-0.2, -0.15) is 4.91 Å². The van der Waals surface area contributed by atoms with E-state index in [-0.39, 0.29) is 17.9 Å². The highest BCUT2D eigenvalue weighted by atomic mass is 16.3. The van der Waals surface area contributed by atoms with Gasteiger partial charge in [-0.15, -0.1) is 0 Å². The number of hydrogen-bond acceptors (Lipinski definition) is 3. The molecule has 1 amide bonds. The summed E-state index contributed by atoms with van der Waals surface area (Å²) >= 11 is 0. The molecule has 0 aliphatic heterocycles. The Kier molecular flexibility index (Phi) is 3.19. The molecule has 0 spiro atoms. The summed E-state index contributed by atoms with van der Waals surface area (Å²) in [6.07, 6.45) is 3.08. The van der Waals surface area contributed by atoms with Gasteiger partial charge in [0, 0.05) is 18.9 Å². The molecule has 1 saturated carbocycles. The minimum absolute atomic E-state index is 0.0159. The second kappa shape index (κ2) is 4.18. The molecule has 1 fully saturated rings. The maximum absolute atomic E-state index is 10.7. The van der Waals surface area contributed by atoms with Crippen LogP contribution in [0.2, 0.25) is 0 Å². The molecule has 0 radical (unpaired) electrons. The first-order valence-corrected chi connectivity index (χ1v) is 4.30. The Morgan fingerprint density at radius 3 is 2.92 bits per heavy atom. The summed E-state index contributed by atoms with van der Waals surface area (Å²) < 4.78 is 0. The van der Waals surface area contributed by atoms with Gasteiger partial charge in [0.05, 0.1) is 6.54 Å². The molecule has 0 saturated heterocycles. The topological polar surface area (TPSA) is 58.5 Å². The summed E-state index contributed by atoms with van der Waals surface area (Å²) in [7, 11) is 0. The molecule has 0 aromatic rings. The van der Waals surface area contributed by atoms with Crippen LogP contribution in [0.15, 0.2) is 5.18 Å². The molecule has 2 unspecified atom stereocenters. The van der Waals surface area contributed by atoms with Crippen molar-refractivity contribution in [2.24, 2.45) is 11.1 Å². The highest BCUT2D eigenvalue weighted by Crippen LogP contribution is 2.25. The first-order valence-electron chi connectivity index (χ1n) is 4.30. The van der Waals surface area contributed by atoms with Gasteiger partial charge in [0.2, 0.25) is 5.91 Å². The lowest BCUT2D eigenvalue weighted by Crippen LogP contribution is -2.36. The zero-order chi connectivity index (χ0) is 8.97.